The largest absolute Gasteiger partial charge is 0.310 e. The first-order valence-electron chi connectivity index (χ1n) is 21.3. The Hall–Kier alpha value is -4.88. The number of aryl methyl sites for hydroxylation is 3. The summed E-state index contributed by atoms with van der Waals surface area (Å²) in [5.74, 6) is 0. The third kappa shape index (κ3) is 5.11. The van der Waals surface area contributed by atoms with E-state index in [1.54, 1.807) is 5.56 Å². The average molecular weight is 732 g/mol. The number of hydrogen-bond acceptors (Lipinski definition) is 1. The summed E-state index contributed by atoms with van der Waals surface area (Å²) in [5.41, 5.74) is 25.0. The van der Waals surface area contributed by atoms with Crippen molar-refractivity contribution in [2.24, 2.45) is 0 Å². The van der Waals surface area contributed by atoms with Gasteiger partial charge in [0.15, 0.2) is 0 Å². The molecule has 6 aromatic rings. The van der Waals surface area contributed by atoms with Crippen LogP contribution < -0.4 is 4.90 Å². The smallest absolute Gasteiger partial charge is 0.0543 e. The van der Waals surface area contributed by atoms with Crippen LogP contribution in [-0.2, 0) is 34.5 Å². The zero-order chi connectivity index (χ0) is 38.9. The van der Waals surface area contributed by atoms with Gasteiger partial charge in [-0.05, 0) is 171 Å². The molecule has 0 unspecified atom stereocenters. The standard InChI is InChI=1S/C55H57N/c1-34-28-35-16-10-11-17-36(35)29-42(34)44-32-43-40-19-13-15-21-46(40)55(8,9)49(43)33-51(44)56(38-23-25-47-50(31-38)53(4,5)27-26-52(47,2)3)37-22-24-41-39-18-12-14-20-45(39)54(6,7)48(41)30-37/h12-15,18-25,28-33H,10-11,16-17,26-27H2,1-9H3. The second-order valence-electron chi connectivity index (χ2n) is 20.0. The van der Waals surface area contributed by atoms with Crippen molar-refractivity contribution in [2.75, 3.05) is 4.90 Å². The highest BCUT2D eigenvalue weighted by molar-refractivity contribution is 5.96. The van der Waals surface area contributed by atoms with Crippen LogP contribution in [0.4, 0.5) is 17.1 Å². The van der Waals surface area contributed by atoms with Crippen LogP contribution in [0.3, 0.4) is 0 Å². The average Bonchev–Trinajstić information content (AvgIpc) is 3.55. The molecule has 0 amide bonds. The topological polar surface area (TPSA) is 3.24 Å². The van der Waals surface area contributed by atoms with Gasteiger partial charge in [-0.25, -0.2) is 0 Å². The normalized spacial score (nSPS) is 18.6. The number of nitrogens with zero attached hydrogens (tertiary/aromatic N) is 1. The van der Waals surface area contributed by atoms with Gasteiger partial charge >= 0.3 is 0 Å². The van der Waals surface area contributed by atoms with Crippen molar-refractivity contribution >= 4 is 17.1 Å². The third-order valence-electron chi connectivity index (χ3n) is 14.8. The number of rotatable bonds is 4. The lowest BCUT2D eigenvalue weighted by Crippen LogP contribution is -2.34. The molecule has 0 radical (unpaired) electrons. The Kier molecular flexibility index (Phi) is 7.65. The molecule has 0 fully saturated rings. The molecule has 1 heteroatoms. The molecule has 0 saturated heterocycles. The molecule has 0 aromatic heterocycles. The van der Waals surface area contributed by atoms with Crippen molar-refractivity contribution in [3.05, 3.63) is 159 Å². The van der Waals surface area contributed by atoms with Gasteiger partial charge in [-0.15, -0.1) is 0 Å². The van der Waals surface area contributed by atoms with Crippen LogP contribution in [0.2, 0.25) is 0 Å². The minimum atomic E-state index is -0.126. The van der Waals surface area contributed by atoms with Gasteiger partial charge in [0.2, 0.25) is 0 Å². The summed E-state index contributed by atoms with van der Waals surface area (Å²) in [5, 5.41) is 0. The second kappa shape index (κ2) is 12.1. The quantitative estimate of drug-likeness (QED) is 0.174. The summed E-state index contributed by atoms with van der Waals surface area (Å²) in [6, 6.07) is 43.2. The van der Waals surface area contributed by atoms with Crippen molar-refractivity contribution in [2.45, 2.75) is 122 Å². The van der Waals surface area contributed by atoms with E-state index in [1.807, 2.05) is 0 Å². The van der Waals surface area contributed by atoms with Crippen molar-refractivity contribution in [3.63, 3.8) is 0 Å². The first kappa shape index (κ1) is 35.5. The van der Waals surface area contributed by atoms with Gasteiger partial charge in [-0.3, -0.25) is 0 Å². The van der Waals surface area contributed by atoms with E-state index in [-0.39, 0.29) is 21.7 Å². The Bertz CT molecular complexity index is 2610. The van der Waals surface area contributed by atoms with Crippen molar-refractivity contribution in [1.29, 1.82) is 0 Å². The summed E-state index contributed by atoms with van der Waals surface area (Å²) in [4.78, 5) is 2.64. The van der Waals surface area contributed by atoms with Crippen LogP contribution in [0.5, 0.6) is 0 Å². The molecule has 0 aliphatic heterocycles. The molecule has 0 heterocycles. The minimum absolute atomic E-state index is 0.0909. The van der Waals surface area contributed by atoms with Crippen molar-refractivity contribution in [3.8, 4) is 33.4 Å². The molecule has 4 aliphatic rings. The van der Waals surface area contributed by atoms with Crippen LogP contribution in [-0.4, -0.2) is 0 Å². The SMILES string of the molecule is Cc1cc2c(cc1-c1cc3c(cc1N(c1ccc4c(c1)C(C)(C)CCC4(C)C)c1ccc4c(c1)C(C)(C)c1ccccc1-4)C(C)(C)c1ccccc1-3)CCCC2. The van der Waals surface area contributed by atoms with Gasteiger partial charge in [0.1, 0.15) is 0 Å². The lowest BCUT2D eigenvalue weighted by molar-refractivity contribution is 0.332. The second-order valence-corrected chi connectivity index (χ2v) is 20.0. The Morgan fingerprint density at radius 1 is 0.411 bits per heavy atom. The number of anilines is 3. The maximum atomic E-state index is 2.64. The van der Waals surface area contributed by atoms with E-state index in [4.69, 9.17) is 0 Å². The molecule has 282 valence electrons. The van der Waals surface area contributed by atoms with Crippen LogP contribution in [0.25, 0.3) is 33.4 Å². The molecule has 4 aliphatic carbocycles. The fourth-order valence-electron chi connectivity index (χ4n) is 11.3. The zero-order valence-corrected chi connectivity index (χ0v) is 35.1. The molecule has 6 aromatic carbocycles. The van der Waals surface area contributed by atoms with E-state index in [0.717, 1.165) is 0 Å². The first-order valence-corrected chi connectivity index (χ1v) is 21.3. The monoisotopic (exact) mass is 731 g/mol. The highest BCUT2D eigenvalue weighted by Gasteiger charge is 2.41. The first-order chi connectivity index (χ1) is 26.7. The van der Waals surface area contributed by atoms with E-state index in [9.17, 15) is 0 Å². The molecular formula is C55H57N. The number of hydrogen-bond donors (Lipinski definition) is 0. The maximum absolute atomic E-state index is 2.64. The van der Waals surface area contributed by atoms with E-state index >= 15 is 0 Å². The van der Waals surface area contributed by atoms with Crippen LogP contribution in [0.1, 0.15) is 131 Å². The van der Waals surface area contributed by atoms with Gasteiger partial charge in [-0.1, -0.05) is 128 Å². The van der Waals surface area contributed by atoms with E-state index < -0.39 is 0 Å². The van der Waals surface area contributed by atoms with Gasteiger partial charge in [0, 0.05) is 27.8 Å². The predicted octanol–water partition coefficient (Wildman–Crippen LogP) is 15.0. The fourth-order valence-corrected chi connectivity index (χ4v) is 11.3. The molecule has 10 rings (SSSR count). The van der Waals surface area contributed by atoms with Crippen molar-refractivity contribution in [1.82, 2.24) is 0 Å². The summed E-state index contributed by atoms with van der Waals surface area (Å²) in [7, 11) is 0. The Morgan fingerprint density at radius 2 is 0.929 bits per heavy atom. The zero-order valence-electron chi connectivity index (χ0n) is 35.1. The summed E-state index contributed by atoms with van der Waals surface area (Å²) in [6.45, 7) is 21.8. The van der Waals surface area contributed by atoms with Gasteiger partial charge in [-0.2, -0.15) is 0 Å². The highest BCUT2D eigenvalue weighted by Crippen LogP contribution is 2.56. The van der Waals surface area contributed by atoms with E-state index in [2.05, 4.69) is 176 Å². The van der Waals surface area contributed by atoms with Crippen molar-refractivity contribution < 1.29 is 0 Å². The summed E-state index contributed by atoms with van der Waals surface area (Å²) >= 11 is 0. The number of benzene rings is 6. The fraction of sp³-hybridized carbons (Fsp3) is 0.345. The minimum Gasteiger partial charge on any atom is -0.310 e. The van der Waals surface area contributed by atoms with E-state index in [1.165, 1.54) is 133 Å². The molecule has 0 N–H and O–H groups in total. The predicted molar refractivity (Wildman–Crippen MR) is 238 cm³/mol. The third-order valence-corrected chi connectivity index (χ3v) is 14.8. The molecule has 1 nitrogen and oxygen atoms in total. The van der Waals surface area contributed by atoms with Crippen LogP contribution in [0.15, 0.2) is 109 Å². The highest BCUT2D eigenvalue weighted by atomic mass is 15.1. The summed E-state index contributed by atoms with van der Waals surface area (Å²) in [6.07, 6.45) is 7.31. The number of fused-ring (bicyclic) bond motifs is 8. The van der Waals surface area contributed by atoms with Crippen LogP contribution in [0, 0.1) is 6.92 Å². The maximum Gasteiger partial charge on any atom is 0.0543 e. The molecule has 56 heavy (non-hydrogen) atoms. The lowest BCUT2D eigenvalue weighted by Gasteiger charge is -2.42. The Labute approximate surface area is 335 Å². The van der Waals surface area contributed by atoms with Gasteiger partial charge in [0.25, 0.3) is 0 Å². The Morgan fingerprint density at radius 3 is 1.59 bits per heavy atom. The molecule has 0 spiro atoms. The van der Waals surface area contributed by atoms with Gasteiger partial charge in [0.05, 0.1) is 5.69 Å². The molecule has 0 atom stereocenters. The van der Waals surface area contributed by atoms with Crippen LogP contribution >= 0.6 is 0 Å². The summed E-state index contributed by atoms with van der Waals surface area (Å²) < 4.78 is 0. The Balaban J connectivity index is 1.29. The van der Waals surface area contributed by atoms with Gasteiger partial charge < -0.3 is 4.90 Å². The molecule has 0 bridgehead atoms. The molecular weight excluding hydrogens is 675 g/mol. The molecule has 0 saturated carbocycles. The lowest BCUT2D eigenvalue weighted by atomic mass is 9.63. The van der Waals surface area contributed by atoms with E-state index in [0.29, 0.717) is 0 Å².